The van der Waals surface area contributed by atoms with Crippen molar-refractivity contribution in [3.05, 3.63) is 87.2 Å². The first kappa shape index (κ1) is 21.0. The lowest BCUT2D eigenvalue weighted by molar-refractivity contribution is -0.384. The van der Waals surface area contributed by atoms with Crippen LogP contribution < -0.4 is 5.14 Å². The highest BCUT2D eigenvalue weighted by molar-refractivity contribution is 7.89. The Bertz CT molecular complexity index is 1300. The largest absolute Gasteiger partial charge is 0.318 e. The van der Waals surface area contributed by atoms with Crippen LogP contribution in [0.2, 0.25) is 0 Å². The number of benzene rings is 2. The maximum absolute atomic E-state index is 11.5. The zero-order valence-corrected chi connectivity index (χ0v) is 17.1. The molecule has 0 aliphatic heterocycles. The molecule has 0 aliphatic carbocycles. The average molecular weight is 422 g/mol. The molecule has 152 valence electrons. The van der Waals surface area contributed by atoms with Crippen LogP contribution in [-0.2, 0) is 10.0 Å². The van der Waals surface area contributed by atoms with Crippen molar-refractivity contribution in [3.8, 4) is 11.8 Å². The Morgan fingerprint density at radius 2 is 1.73 bits per heavy atom. The summed E-state index contributed by atoms with van der Waals surface area (Å²) in [6, 6.07) is 16.0. The van der Waals surface area contributed by atoms with Gasteiger partial charge in [-0.25, -0.2) is 13.6 Å². The van der Waals surface area contributed by atoms with E-state index >= 15 is 0 Å². The Labute approximate surface area is 173 Å². The molecule has 3 aromatic rings. The summed E-state index contributed by atoms with van der Waals surface area (Å²) in [6.45, 7) is 3.78. The summed E-state index contributed by atoms with van der Waals surface area (Å²) in [7, 11) is -3.77. The molecule has 2 N–H and O–H groups in total. The van der Waals surface area contributed by atoms with Gasteiger partial charge < -0.3 is 4.57 Å². The monoisotopic (exact) mass is 422 g/mol. The number of non-ortho nitro benzene ring substituents is 1. The summed E-state index contributed by atoms with van der Waals surface area (Å²) in [6.07, 6.45) is 1.72. The maximum atomic E-state index is 11.5. The highest BCUT2D eigenvalue weighted by Crippen LogP contribution is 2.26. The van der Waals surface area contributed by atoms with E-state index in [2.05, 4.69) is 6.07 Å². The molecular weight excluding hydrogens is 404 g/mol. The first-order valence-electron chi connectivity index (χ1n) is 8.80. The van der Waals surface area contributed by atoms with Gasteiger partial charge in [-0.05, 0) is 73.5 Å². The number of hydrogen-bond acceptors (Lipinski definition) is 5. The second-order valence-corrected chi connectivity index (χ2v) is 8.24. The van der Waals surface area contributed by atoms with E-state index in [4.69, 9.17) is 5.14 Å². The molecule has 2 aromatic carbocycles. The molecule has 0 bridgehead atoms. The van der Waals surface area contributed by atoms with Gasteiger partial charge in [-0.2, -0.15) is 5.26 Å². The molecule has 0 amide bonds. The molecule has 0 atom stereocenters. The molecule has 3 rings (SSSR count). The fourth-order valence-electron chi connectivity index (χ4n) is 3.21. The fraction of sp³-hybridized carbons (Fsp3) is 0.0952. The molecule has 9 heteroatoms. The fourth-order valence-corrected chi connectivity index (χ4v) is 3.73. The van der Waals surface area contributed by atoms with Gasteiger partial charge in [0.2, 0.25) is 10.0 Å². The van der Waals surface area contributed by atoms with Crippen LogP contribution in [0.25, 0.3) is 17.3 Å². The van der Waals surface area contributed by atoms with Gasteiger partial charge in [-0.3, -0.25) is 10.1 Å². The van der Waals surface area contributed by atoms with E-state index in [0.29, 0.717) is 11.1 Å². The van der Waals surface area contributed by atoms with Crippen molar-refractivity contribution >= 4 is 27.4 Å². The van der Waals surface area contributed by atoms with Gasteiger partial charge in [0.1, 0.15) is 0 Å². The number of nitro benzene ring substituents is 1. The molecule has 1 heterocycles. The van der Waals surface area contributed by atoms with Crippen molar-refractivity contribution in [2.45, 2.75) is 18.7 Å². The van der Waals surface area contributed by atoms with E-state index in [1.165, 1.54) is 24.3 Å². The van der Waals surface area contributed by atoms with Gasteiger partial charge in [-0.1, -0.05) is 0 Å². The number of nitro groups is 1. The number of nitrogens with two attached hydrogens (primary N) is 1. The predicted octanol–water partition coefficient (Wildman–Crippen LogP) is 3.71. The van der Waals surface area contributed by atoms with E-state index in [1.807, 2.05) is 24.5 Å². The van der Waals surface area contributed by atoms with Gasteiger partial charge in [0, 0.05) is 29.2 Å². The Morgan fingerprint density at radius 3 is 2.23 bits per heavy atom. The van der Waals surface area contributed by atoms with E-state index in [0.717, 1.165) is 22.6 Å². The quantitative estimate of drug-likeness (QED) is 0.380. The summed E-state index contributed by atoms with van der Waals surface area (Å²) in [5, 5.41) is 25.6. The molecular formula is C21H18N4O4S. The molecule has 0 unspecified atom stereocenters. The molecule has 0 aliphatic rings. The lowest BCUT2D eigenvalue weighted by atomic mass is 10.0. The number of hydrogen-bond donors (Lipinski definition) is 1. The summed E-state index contributed by atoms with van der Waals surface area (Å²) >= 11 is 0. The number of nitriles is 1. The van der Waals surface area contributed by atoms with Crippen LogP contribution in [-0.4, -0.2) is 17.9 Å². The second kappa shape index (κ2) is 7.94. The predicted molar refractivity (Wildman–Crippen MR) is 113 cm³/mol. The highest BCUT2D eigenvalue weighted by atomic mass is 32.2. The van der Waals surface area contributed by atoms with Crippen molar-refractivity contribution in [1.82, 2.24) is 4.57 Å². The number of sulfonamides is 1. The zero-order chi connectivity index (χ0) is 22.1. The Kier molecular flexibility index (Phi) is 5.56. The first-order valence-corrected chi connectivity index (χ1v) is 10.4. The molecule has 0 radical (unpaired) electrons. The molecule has 0 saturated heterocycles. The third-order valence-electron chi connectivity index (χ3n) is 4.70. The van der Waals surface area contributed by atoms with Crippen molar-refractivity contribution in [2.24, 2.45) is 5.14 Å². The smallest absolute Gasteiger partial charge is 0.269 e. The number of primary sulfonamides is 1. The summed E-state index contributed by atoms with van der Waals surface area (Å²) in [4.78, 5) is 10.4. The molecule has 0 fully saturated rings. The van der Waals surface area contributed by atoms with Crippen LogP contribution in [0.5, 0.6) is 0 Å². The van der Waals surface area contributed by atoms with Crippen LogP contribution >= 0.6 is 0 Å². The molecule has 1 aromatic heterocycles. The van der Waals surface area contributed by atoms with E-state index in [1.54, 1.807) is 30.3 Å². The highest BCUT2D eigenvalue weighted by Gasteiger charge is 2.13. The van der Waals surface area contributed by atoms with Crippen LogP contribution in [0.15, 0.2) is 59.5 Å². The van der Waals surface area contributed by atoms with Gasteiger partial charge in [0.05, 0.1) is 21.5 Å². The average Bonchev–Trinajstić information content (AvgIpc) is 2.98. The molecule has 0 saturated carbocycles. The maximum Gasteiger partial charge on any atom is 0.269 e. The van der Waals surface area contributed by atoms with E-state index in [9.17, 15) is 23.8 Å². The summed E-state index contributed by atoms with van der Waals surface area (Å²) < 4.78 is 24.9. The topological polar surface area (TPSA) is 132 Å². The number of aryl methyl sites for hydroxylation is 1. The van der Waals surface area contributed by atoms with Crippen LogP contribution in [0, 0.1) is 35.3 Å². The number of aromatic nitrogens is 1. The first-order chi connectivity index (χ1) is 14.1. The van der Waals surface area contributed by atoms with Crippen LogP contribution in [0.1, 0.15) is 22.5 Å². The Hall–Kier alpha value is -3.74. The lowest BCUT2D eigenvalue weighted by Gasteiger charge is -2.10. The number of allylic oxidation sites excluding steroid dienone is 1. The number of rotatable bonds is 5. The SMILES string of the molecule is Cc1cc(C=C(C#N)c2ccc([N+](=O)[O-])cc2)c(C)n1-c1ccc(S(N)(=O)=O)cc1. The number of nitrogens with zero attached hydrogens (tertiary/aromatic N) is 3. The third-order valence-corrected chi connectivity index (χ3v) is 5.63. The van der Waals surface area contributed by atoms with E-state index in [-0.39, 0.29) is 10.6 Å². The zero-order valence-electron chi connectivity index (χ0n) is 16.2. The van der Waals surface area contributed by atoms with Crippen LogP contribution in [0.4, 0.5) is 5.69 Å². The minimum Gasteiger partial charge on any atom is -0.318 e. The lowest BCUT2D eigenvalue weighted by Crippen LogP contribution is -2.12. The summed E-state index contributed by atoms with van der Waals surface area (Å²) in [5.74, 6) is 0. The molecule has 0 spiro atoms. The van der Waals surface area contributed by atoms with Gasteiger partial charge in [0.25, 0.3) is 5.69 Å². The second-order valence-electron chi connectivity index (χ2n) is 6.67. The van der Waals surface area contributed by atoms with Crippen molar-refractivity contribution in [1.29, 1.82) is 5.26 Å². The van der Waals surface area contributed by atoms with Gasteiger partial charge in [0.15, 0.2) is 0 Å². The Morgan fingerprint density at radius 1 is 1.13 bits per heavy atom. The van der Waals surface area contributed by atoms with Gasteiger partial charge >= 0.3 is 0 Å². The Balaban J connectivity index is 2.02. The molecule has 30 heavy (non-hydrogen) atoms. The third kappa shape index (κ3) is 4.15. The van der Waals surface area contributed by atoms with E-state index < -0.39 is 14.9 Å². The standard InChI is InChI=1S/C21H18N4O4S/c1-14-11-17(12-18(13-22)16-3-5-20(6-4-16)25(26)27)15(2)24(14)19-7-9-21(10-8-19)30(23,28)29/h3-12H,1-2H3,(H2,23,28,29). The van der Waals surface area contributed by atoms with Gasteiger partial charge in [-0.15, -0.1) is 0 Å². The normalized spacial score (nSPS) is 11.9. The molecule has 8 nitrogen and oxygen atoms in total. The minimum atomic E-state index is -3.77. The van der Waals surface area contributed by atoms with Crippen molar-refractivity contribution in [3.63, 3.8) is 0 Å². The van der Waals surface area contributed by atoms with Crippen molar-refractivity contribution < 1.29 is 13.3 Å². The minimum absolute atomic E-state index is 0.0266. The summed E-state index contributed by atoms with van der Waals surface area (Å²) in [5.41, 5.74) is 4.20. The van der Waals surface area contributed by atoms with Crippen molar-refractivity contribution in [2.75, 3.05) is 0 Å². The van der Waals surface area contributed by atoms with Crippen LogP contribution in [0.3, 0.4) is 0 Å².